The highest BCUT2D eigenvalue weighted by Crippen LogP contribution is 2.42. The van der Waals surface area contributed by atoms with Crippen LogP contribution in [0.25, 0.3) is 0 Å². The van der Waals surface area contributed by atoms with Crippen LogP contribution in [0.15, 0.2) is 30.4 Å². The largest absolute Gasteiger partial charge is 0.408 e. The number of amides is 1. The second-order valence-electron chi connectivity index (χ2n) is 5.03. The number of alkyl halides is 3. The summed E-state index contributed by atoms with van der Waals surface area (Å²) in [5.41, 5.74) is 0.120. The van der Waals surface area contributed by atoms with Gasteiger partial charge in [0, 0.05) is 22.8 Å². The fraction of sp³-hybridized carbons (Fsp3) is 0.400. The summed E-state index contributed by atoms with van der Waals surface area (Å²) in [7, 11) is 0. The van der Waals surface area contributed by atoms with Gasteiger partial charge in [-0.15, -0.1) is 0 Å². The monoisotopic (exact) mass is 332 g/mol. The average Bonchev–Trinajstić information content (AvgIpc) is 2.53. The summed E-state index contributed by atoms with van der Waals surface area (Å²) in [5, 5.41) is 2.71. The minimum Gasteiger partial charge on any atom is -0.325 e. The molecule has 0 aliphatic carbocycles. The third-order valence-electron chi connectivity index (χ3n) is 3.35. The Morgan fingerprint density at radius 3 is 2.77 bits per heavy atom. The second kappa shape index (κ2) is 6.71. The average molecular weight is 333 g/mol. The molecule has 1 amide bonds. The van der Waals surface area contributed by atoms with E-state index in [1.165, 1.54) is 18.2 Å². The number of allylic oxidation sites excluding steroid dienone is 1. The lowest BCUT2D eigenvalue weighted by molar-refractivity contribution is -0.184. The number of hydrogen-bond acceptors (Lipinski definition) is 2. The molecule has 1 atom stereocenters. The normalized spacial score (nSPS) is 19.9. The van der Waals surface area contributed by atoms with Crippen molar-refractivity contribution < 1.29 is 18.0 Å². The molecular weight excluding hydrogens is 317 g/mol. The lowest BCUT2D eigenvalue weighted by Crippen LogP contribution is -2.40. The van der Waals surface area contributed by atoms with Gasteiger partial charge in [0.05, 0.1) is 6.54 Å². The molecule has 1 unspecified atom stereocenters. The van der Waals surface area contributed by atoms with Gasteiger partial charge < -0.3 is 5.32 Å². The minimum absolute atomic E-state index is 0.0317. The molecule has 1 aliphatic rings. The van der Waals surface area contributed by atoms with Crippen LogP contribution in [0.3, 0.4) is 0 Å². The van der Waals surface area contributed by atoms with E-state index in [9.17, 15) is 18.0 Å². The molecule has 0 spiro atoms. The van der Waals surface area contributed by atoms with Crippen molar-refractivity contribution in [3.8, 4) is 0 Å². The first kappa shape index (κ1) is 16.8. The van der Waals surface area contributed by atoms with Crippen LogP contribution < -0.4 is 5.32 Å². The molecule has 1 aromatic carbocycles. The maximum Gasteiger partial charge on any atom is 0.408 e. The number of halogens is 4. The molecule has 0 saturated heterocycles. The van der Waals surface area contributed by atoms with E-state index in [1.54, 1.807) is 12.2 Å². The number of carbonyl (C=O) groups is 1. The van der Waals surface area contributed by atoms with Crippen LogP contribution >= 0.6 is 11.6 Å². The number of nitrogens with zero attached hydrogens (tertiary/aromatic N) is 1. The smallest absolute Gasteiger partial charge is 0.325 e. The minimum atomic E-state index is -4.51. The van der Waals surface area contributed by atoms with E-state index >= 15 is 0 Å². The first-order valence-corrected chi connectivity index (χ1v) is 7.25. The Balaban J connectivity index is 2.49. The Kier molecular flexibility index (Phi) is 5.13. The highest BCUT2D eigenvalue weighted by molar-refractivity contribution is 6.30. The Morgan fingerprint density at radius 2 is 2.14 bits per heavy atom. The third kappa shape index (κ3) is 3.81. The number of anilines is 1. The predicted octanol–water partition coefficient (Wildman–Crippen LogP) is 4.16. The topological polar surface area (TPSA) is 32.3 Å². The Morgan fingerprint density at radius 1 is 1.41 bits per heavy atom. The van der Waals surface area contributed by atoms with Crippen LogP contribution in [-0.2, 0) is 4.79 Å². The summed E-state index contributed by atoms with van der Waals surface area (Å²) in [4.78, 5) is 13.0. The molecule has 1 aromatic rings. The van der Waals surface area contributed by atoms with Crippen LogP contribution in [0, 0.1) is 0 Å². The van der Waals surface area contributed by atoms with Gasteiger partial charge >= 0.3 is 6.18 Å². The molecule has 3 nitrogen and oxygen atoms in total. The van der Waals surface area contributed by atoms with Gasteiger partial charge in [-0.05, 0) is 24.6 Å². The summed E-state index contributed by atoms with van der Waals surface area (Å²) in [6.45, 7) is 1.60. The predicted molar refractivity (Wildman–Crippen MR) is 79.9 cm³/mol. The fourth-order valence-electron chi connectivity index (χ4n) is 2.47. The van der Waals surface area contributed by atoms with Gasteiger partial charge in [-0.3, -0.25) is 9.69 Å². The summed E-state index contributed by atoms with van der Waals surface area (Å²) < 4.78 is 40.7. The van der Waals surface area contributed by atoms with Crippen LogP contribution in [0.4, 0.5) is 18.9 Å². The summed E-state index contributed by atoms with van der Waals surface area (Å²) in [6.07, 6.45) is -0.373. The molecule has 1 N–H and O–H groups in total. The number of benzene rings is 1. The molecule has 1 aliphatic heterocycles. The molecule has 120 valence electrons. The van der Waals surface area contributed by atoms with Gasteiger partial charge in [-0.1, -0.05) is 30.7 Å². The Labute approximate surface area is 131 Å². The molecule has 1 heterocycles. The zero-order valence-corrected chi connectivity index (χ0v) is 12.7. The van der Waals surface area contributed by atoms with E-state index in [2.05, 4.69) is 5.32 Å². The van der Waals surface area contributed by atoms with Crippen molar-refractivity contribution in [2.45, 2.75) is 25.6 Å². The van der Waals surface area contributed by atoms with E-state index in [-0.39, 0.29) is 29.4 Å². The summed E-state index contributed by atoms with van der Waals surface area (Å²) in [6, 6.07) is 2.25. The standard InChI is InChI=1S/C15H16ClF3N2O/c1-2-3-4-7-21-9-13(22)20-12-6-5-10(16)8-11(12)14(21)15(17,18)19/h3-6,8,14H,2,7,9H2,1H3,(H,20,22). The van der Waals surface area contributed by atoms with Crippen LogP contribution in [0.5, 0.6) is 0 Å². The zero-order valence-electron chi connectivity index (χ0n) is 12.0. The molecule has 0 fully saturated rings. The fourth-order valence-corrected chi connectivity index (χ4v) is 2.65. The molecule has 0 saturated carbocycles. The summed E-state index contributed by atoms with van der Waals surface area (Å²) >= 11 is 5.84. The molecule has 0 aromatic heterocycles. The maximum absolute atomic E-state index is 13.6. The molecular formula is C15H16ClF3N2O. The SMILES string of the molecule is CCC=CCN1CC(=O)Nc2ccc(Cl)cc2C1C(F)(F)F. The van der Waals surface area contributed by atoms with E-state index in [0.29, 0.717) is 0 Å². The number of carbonyl (C=O) groups excluding carboxylic acids is 1. The molecule has 0 radical (unpaired) electrons. The first-order valence-electron chi connectivity index (χ1n) is 6.88. The van der Waals surface area contributed by atoms with E-state index in [0.717, 1.165) is 11.3 Å². The molecule has 7 heteroatoms. The maximum atomic E-state index is 13.6. The van der Waals surface area contributed by atoms with Gasteiger partial charge in [-0.2, -0.15) is 13.2 Å². The molecule has 22 heavy (non-hydrogen) atoms. The first-order chi connectivity index (χ1) is 10.3. The summed E-state index contributed by atoms with van der Waals surface area (Å²) in [5.74, 6) is -0.472. The number of nitrogens with one attached hydrogen (secondary N) is 1. The van der Waals surface area contributed by atoms with Gasteiger partial charge in [-0.25, -0.2) is 0 Å². The quantitative estimate of drug-likeness (QED) is 0.843. The van der Waals surface area contributed by atoms with Gasteiger partial charge in [0.1, 0.15) is 6.04 Å². The Hall–Kier alpha value is -1.53. The van der Waals surface area contributed by atoms with Crippen molar-refractivity contribution in [3.63, 3.8) is 0 Å². The number of hydrogen-bond donors (Lipinski definition) is 1. The highest BCUT2D eigenvalue weighted by atomic mass is 35.5. The number of fused-ring (bicyclic) bond motifs is 1. The van der Waals surface area contributed by atoms with Crippen LogP contribution in [0.1, 0.15) is 24.9 Å². The lowest BCUT2D eigenvalue weighted by atomic mass is 10.0. The van der Waals surface area contributed by atoms with Gasteiger partial charge in [0.25, 0.3) is 0 Å². The van der Waals surface area contributed by atoms with Crippen LogP contribution in [-0.4, -0.2) is 30.1 Å². The third-order valence-corrected chi connectivity index (χ3v) is 3.58. The zero-order chi connectivity index (χ0) is 16.3. The van der Waals surface area contributed by atoms with Crippen molar-refractivity contribution >= 4 is 23.2 Å². The Bertz CT molecular complexity index is 587. The number of rotatable bonds is 3. The molecule has 2 rings (SSSR count). The lowest BCUT2D eigenvalue weighted by Gasteiger charge is -2.30. The van der Waals surface area contributed by atoms with Crippen LogP contribution in [0.2, 0.25) is 5.02 Å². The van der Waals surface area contributed by atoms with Crippen molar-refractivity contribution in [1.82, 2.24) is 4.90 Å². The highest BCUT2D eigenvalue weighted by Gasteiger charge is 2.47. The van der Waals surface area contributed by atoms with Gasteiger partial charge in [0.2, 0.25) is 5.91 Å². The van der Waals surface area contributed by atoms with E-state index in [4.69, 9.17) is 11.6 Å². The molecule has 0 bridgehead atoms. The van der Waals surface area contributed by atoms with E-state index in [1.807, 2.05) is 6.92 Å². The van der Waals surface area contributed by atoms with Crippen molar-refractivity contribution in [1.29, 1.82) is 0 Å². The second-order valence-corrected chi connectivity index (χ2v) is 5.47. The van der Waals surface area contributed by atoms with E-state index < -0.39 is 18.1 Å². The van der Waals surface area contributed by atoms with Gasteiger partial charge in [0.15, 0.2) is 0 Å². The van der Waals surface area contributed by atoms with Crippen molar-refractivity contribution in [3.05, 3.63) is 40.9 Å². The van der Waals surface area contributed by atoms with Crippen molar-refractivity contribution in [2.24, 2.45) is 0 Å². The van der Waals surface area contributed by atoms with Crippen molar-refractivity contribution in [2.75, 3.05) is 18.4 Å².